The first-order valence-electron chi connectivity index (χ1n) is 9.81. The second kappa shape index (κ2) is 8.91. The number of likely N-dealkylation sites (tertiary alicyclic amines) is 1. The minimum atomic E-state index is -0.239. The molecule has 0 spiro atoms. The third kappa shape index (κ3) is 4.35. The van der Waals surface area contributed by atoms with Gasteiger partial charge >= 0.3 is 0 Å². The fourth-order valence-corrected chi connectivity index (χ4v) is 3.68. The Labute approximate surface area is 166 Å². The van der Waals surface area contributed by atoms with Crippen molar-refractivity contribution in [2.45, 2.75) is 26.2 Å². The van der Waals surface area contributed by atoms with Crippen LogP contribution in [0, 0.1) is 12.8 Å². The highest BCUT2D eigenvalue weighted by atomic mass is 16.5. The Morgan fingerprint density at radius 3 is 2.36 bits per heavy atom. The molecular formula is C23H28N2O3. The van der Waals surface area contributed by atoms with Gasteiger partial charge in [0.2, 0.25) is 5.91 Å². The molecule has 2 aromatic rings. The lowest BCUT2D eigenvalue weighted by Gasteiger charge is -2.18. The molecule has 0 radical (unpaired) electrons. The number of carbonyl (C=O) groups excluding carboxylic acids is 2. The van der Waals surface area contributed by atoms with E-state index in [1.807, 2.05) is 13.8 Å². The summed E-state index contributed by atoms with van der Waals surface area (Å²) in [5.74, 6) is 0.450. The summed E-state index contributed by atoms with van der Waals surface area (Å²) in [5, 5.41) is 3.01. The summed E-state index contributed by atoms with van der Waals surface area (Å²) in [6, 6.07) is 15.4. The number of ether oxygens (including phenoxy) is 1. The Bertz CT molecular complexity index is 815. The molecule has 1 heterocycles. The van der Waals surface area contributed by atoms with Crippen LogP contribution in [-0.2, 0) is 4.79 Å². The molecule has 1 saturated heterocycles. The molecule has 0 unspecified atom stereocenters. The number of aryl methyl sites for hydroxylation is 1. The number of hydrogen-bond acceptors (Lipinski definition) is 3. The number of rotatable bonds is 6. The summed E-state index contributed by atoms with van der Waals surface area (Å²) in [6.07, 6.45) is 0.891. The number of carbonyl (C=O) groups is 2. The zero-order valence-corrected chi connectivity index (χ0v) is 16.8. The highest BCUT2D eigenvalue weighted by Crippen LogP contribution is 2.34. The predicted molar refractivity (Wildman–Crippen MR) is 110 cm³/mol. The van der Waals surface area contributed by atoms with Crippen molar-refractivity contribution in [2.75, 3.05) is 26.7 Å². The third-order valence-corrected chi connectivity index (χ3v) is 5.34. The molecule has 1 aliphatic rings. The van der Waals surface area contributed by atoms with Gasteiger partial charge in [-0.05, 0) is 43.2 Å². The number of amides is 2. The van der Waals surface area contributed by atoms with E-state index in [2.05, 4.69) is 29.6 Å². The maximum Gasteiger partial charge on any atom is 0.253 e. The molecule has 5 nitrogen and oxygen atoms in total. The average Bonchev–Trinajstić information content (AvgIpc) is 3.17. The lowest BCUT2D eigenvalue weighted by Crippen LogP contribution is -2.36. The van der Waals surface area contributed by atoms with Gasteiger partial charge in [-0.15, -0.1) is 0 Å². The Balaban J connectivity index is 1.82. The Kier molecular flexibility index (Phi) is 6.34. The molecule has 0 saturated carbocycles. The van der Waals surface area contributed by atoms with Crippen molar-refractivity contribution in [1.29, 1.82) is 0 Å². The van der Waals surface area contributed by atoms with Crippen molar-refractivity contribution in [2.24, 2.45) is 5.92 Å². The van der Waals surface area contributed by atoms with Crippen LogP contribution in [0.3, 0.4) is 0 Å². The molecule has 0 aliphatic carbocycles. The Morgan fingerprint density at radius 2 is 1.75 bits per heavy atom. The largest absolute Gasteiger partial charge is 0.497 e. The molecule has 1 N–H and O–H groups in total. The van der Waals surface area contributed by atoms with Crippen molar-refractivity contribution in [3.8, 4) is 5.75 Å². The van der Waals surface area contributed by atoms with Gasteiger partial charge < -0.3 is 15.0 Å². The third-order valence-electron chi connectivity index (χ3n) is 5.34. The van der Waals surface area contributed by atoms with E-state index in [1.54, 1.807) is 36.3 Å². The minimum Gasteiger partial charge on any atom is -0.497 e. The van der Waals surface area contributed by atoms with Gasteiger partial charge in [0.05, 0.1) is 13.0 Å². The van der Waals surface area contributed by atoms with Crippen LogP contribution in [0.4, 0.5) is 0 Å². The maximum absolute atomic E-state index is 13.0. The van der Waals surface area contributed by atoms with Gasteiger partial charge in [0.1, 0.15) is 5.75 Å². The summed E-state index contributed by atoms with van der Waals surface area (Å²) >= 11 is 0. The van der Waals surface area contributed by atoms with E-state index in [-0.39, 0.29) is 23.7 Å². The first-order valence-corrected chi connectivity index (χ1v) is 9.81. The number of nitrogens with one attached hydrogen (secondary N) is 1. The molecule has 5 heteroatoms. The van der Waals surface area contributed by atoms with E-state index in [4.69, 9.17) is 4.74 Å². The normalized spacial score (nSPS) is 18.8. The van der Waals surface area contributed by atoms with Gasteiger partial charge in [-0.25, -0.2) is 0 Å². The molecule has 2 atom stereocenters. The van der Waals surface area contributed by atoms with Gasteiger partial charge in [0.25, 0.3) is 5.91 Å². The Morgan fingerprint density at radius 1 is 1.07 bits per heavy atom. The van der Waals surface area contributed by atoms with Crippen molar-refractivity contribution < 1.29 is 14.3 Å². The molecule has 0 aromatic heterocycles. The minimum absolute atomic E-state index is 0.000320. The maximum atomic E-state index is 13.0. The van der Waals surface area contributed by atoms with E-state index in [1.165, 1.54) is 5.56 Å². The summed E-state index contributed by atoms with van der Waals surface area (Å²) in [4.78, 5) is 27.6. The van der Waals surface area contributed by atoms with Crippen molar-refractivity contribution in [3.05, 3.63) is 65.2 Å². The smallest absolute Gasteiger partial charge is 0.253 e. The van der Waals surface area contributed by atoms with E-state index < -0.39 is 0 Å². The molecule has 0 bridgehead atoms. The van der Waals surface area contributed by atoms with Crippen molar-refractivity contribution in [1.82, 2.24) is 10.2 Å². The van der Waals surface area contributed by atoms with Crippen LogP contribution in [0.5, 0.6) is 5.75 Å². The van der Waals surface area contributed by atoms with Gasteiger partial charge in [0.15, 0.2) is 0 Å². The zero-order chi connectivity index (χ0) is 20.1. The van der Waals surface area contributed by atoms with Crippen LogP contribution in [-0.4, -0.2) is 43.5 Å². The number of nitrogens with zero attached hydrogens (tertiary/aromatic N) is 1. The van der Waals surface area contributed by atoms with E-state index in [0.29, 0.717) is 30.9 Å². The van der Waals surface area contributed by atoms with Crippen LogP contribution in [0.15, 0.2) is 48.5 Å². The second-order valence-corrected chi connectivity index (χ2v) is 7.35. The monoisotopic (exact) mass is 380 g/mol. The molecule has 1 fully saturated rings. The van der Waals surface area contributed by atoms with Gasteiger partial charge in [-0.2, -0.15) is 0 Å². The zero-order valence-electron chi connectivity index (χ0n) is 16.8. The molecule has 2 aromatic carbocycles. The van der Waals surface area contributed by atoms with Gasteiger partial charge in [-0.1, -0.05) is 36.8 Å². The Hall–Kier alpha value is -2.82. The predicted octanol–water partition coefficient (Wildman–Crippen LogP) is 3.39. The quantitative estimate of drug-likeness (QED) is 0.836. The van der Waals surface area contributed by atoms with Gasteiger partial charge in [-0.3, -0.25) is 9.59 Å². The first-order chi connectivity index (χ1) is 13.5. The molecule has 3 rings (SSSR count). The lowest BCUT2D eigenvalue weighted by molar-refractivity contribution is -0.124. The summed E-state index contributed by atoms with van der Waals surface area (Å²) in [5.41, 5.74) is 2.89. The summed E-state index contributed by atoms with van der Waals surface area (Å²) in [7, 11) is 1.60. The molecule has 28 heavy (non-hydrogen) atoms. The summed E-state index contributed by atoms with van der Waals surface area (Å²) in [6.45, 7) is 5.70. The van der Waals surface area contributed by atoms with Crippen LogP contribution < -0.4 is 10.1 Å². The topological polar surface area (TPSA) is 58.6 Å². The lowest BCUT2D eigenvalue weighted by atomic mass is 9.88. The average molecular weight is 380 g/mol. The first kappa shape index (κ1) is 19.9. The van der Waals surface area contributed by atoms with E-state index >= 15 is 0 Å². The number of methoxy groups -OCH3 is 1. The molecule has 2 amide bonds. The van der Waals surface area contributed by atoms with E-state index in [9.17, 15) is 9.59 Å². The number of hydrogen-bond donors (Lipinski definition) is 1. The van der Waals surface area contributed by atoms with Crippen LogP contribution in [0.1, 0.15) is 40.7 Å². The molecule has 148 valence electrons. The van der Waals surface area contributed by atoms with Crippen molar-refractivity contribution in [3.63, 3.8) is 0 Å². The van der Waals surface area contributed by atoms with E-state index in [0.717, 1.165) is 12.0 Å². The SMILES string of the molecule is CCCNC(=O)[C@@H]1CN(C(=O)c2ccc(OC)cc2)C[C@H]1c1ccc(C)cc1. The highest BCUT2D eigenvalue weighted by molar-refractivity contribution is 5.95. The van der Waals surface area contributed by atoms with Crippen LogP contribution in [0.2, 0.25) is 0 Å². The second-order valence-electron chi connectivity index (χ2n) is 7.35. The molecular weight excluding hydrogens is 352 g/mol. The van der Waals surface area contributed by atoms with Crippen LogP contribution in [0.25, 0.3) is 0 Å². The highest BCUT2D eigenvalue weighted by Gasteiger charge is 2.40. The van der Waals surface area contributed by atoms with Crippen LogP contribution >= 0.6 is 0 Å². The number of benzene rings is 2. The summed E-state index contributed by atoms with van der Waals surface area (Å²) < 4.78 is 5.17. The molecule has 1 aliphatic heterocycles. The standard InChI is InChI=1S/C23H28N2O3/c1-4-13-24-22(26)21-15-25(14-20(21)17-7-5-16(2)6-8-17)23(27)18-9-11-19(28-3)12-10-18/h5-12,20-21H,4,13-15H2,1-3H3,(H,24,26)/t20-,21+/m0/s1. The van der Waals surface area contributed by atoms with Crippen molar-refractivity contribution >= 4 is 11.8 Å². The van der Waals surface area contributed by atoms with Gasteiger partial charge in [0, 0.05) is 31.1 Å². The fraction of sp³-hybridized carbons (Fsp3) is 0.391. The fourth-order valence-electron chi connectivity index (χ4n) is 3.68.